The number of carbonyl (C=O) groups excluding carboxylic acids is 1. The number of benzene rings is 1. The molecule has 1 aliphatic rings. The predicted molar refractivity (Wildman–Crippen MR) is 92.0 cm³/mol. The summed E-state index contributed by atoms with van der Waals surface area (Å²) in [6.07, 6.45) is 5.63. The molecule has 0 spiro atoms. The lowest BCUT2D eigenvalue weighted by Gasteiger charge is -2.28. The molecule has 2 aromatic rings. The number of amides is 1. The Kier molecular flexibility index (Phi) is 5.56. The van der Waals surface area contributed by atoms with Gasteiger partial charge in [-0.1, -0.05) is 36.4 Å². The van der Waals surface area contributed by atoms with Gasteiger partial charge in [0, 0.05) is 32.1 Å². The monoisotopic (exact) mass is 325 g/mol. The molecule has 126 valence electrons. The van der Waals surface area contributed by atoms with Crippen LogP contribution in [0.15, 0.2) is 54.9 Å². The summed E-state index contributed by atoms with van der Waals surface area (Å²) in [6, 6.07) is 12.7. The second-order valence-corrected chi connectivity index (χ2v) is 6.10. The number of nitrogens with two attached hydrogens (primary N) is 1. The smallest absolute Gasteiger partial charge is 0.244 e. The average Bonchev–Trinajstić information content (AvgIpc) is 3.15. The third-order valence-corrected chi connectivity index (χ3v) is 4.28. The molecule has 24 heavy (non-hydrogen) atoms. The minimum absolute atomic E-state index is 0.0828. The zero-order chi connectivity index (χ0) is 16.8. The molecule has 0 unspecified atom stereocenters. The molecule has 2 N–H and O–H groups in total. The van der Waals surface area contributed by atoms with Gasteiger partial charge in [0.1, 0.15) is 6.04 Å². The van der Waals surface area contributed by atoms with Crippen molar-refractivity contribution in [3.63, 3.8) is 0 Å². The summed E-state index contributed by atoms with van der Waals surface area (Å²) in [7, 11) is 0. The van der Waals surface area contributed by atoms with Gasteiger partial charge in [0.25, 0.3) is 0 Å². The topological polar surface area (TPSA) is 68.5 Å². The van der Waals surface area contributed by atoms with Gasteiger partial charge in [0.05, 0.1) is 6.10 Å². The Balaban J connectivity index is 1.75. The molecule has 1 amide bonds. The van der Waals surface area contributed by atoms with Crippen molar-refractivity contribution in [2.75, 3.05) is 13.2 Å². The van der Waals surface area contributed by atoms with Crippen LogP contribution >= 0.6 is 0 Å². The first-order valence-corrected chi connectivity index (χ1v) is 8.34. The highest BCUT2D eigenvalue weighted by Crippen LogP contribution is 2.19. The molecule has 1 aromatic carbocycles. The van der Waals surface area contributed by atoms with Gasteiger partial charge in [-0.05, 0) is 30.0 Å². The van der Waals surface area contributed by atoms with Crippen LogP contribution in [-0.4, -0.2) is 35.0 Å². The molecule has 5 heteroatoms. The highest BCUT2D eigenvalue weighted by Gasteiger charge is 2.27. The maximum atomic E-state index is 13.0. The van der Waals surface area contributed by atoms with Crippen molar-refractivity contribution >= 4 is 5.91 Å². The first kappa shape index (κ1) is 16.6. The van der Waals surface area contributed by atoms with E-state index in [-0.39, 0.29) is 12.0 Å². The lowest BCUT2D eigenvalue weighted by molar-refractivity contribution is -0.135. The third-order valence-electron chi connectivity index (χ3n) is 4.28. The highest BCUT2D eigenvalue weighted by atomic mass is 16.5. The van der Waals surface area contributed by atoms with Crippen molar-refractivity contribution in [2.45, 2.75) is 31.5 Å². The van der Waals surface area contributed by atoms with Crippen LogP contribution in [0.4, 0.5) is 0 Å². The first-order chi connectivity index (χ1) is 11.7. The van der Waals surface area contributed by atoms with E-state index in [1.54, 1.807) is 17.3 Å². The molecule has 1 fully saturated rings. The van der Waals surface area contributed by atoms with E-state index in [0.29, 0.717) is 13.1 Å². The van der Waals surface area contributed by atoms with Crippen molar-refractivity contribution in [1.82, 2.24) is 9.88 Å². The first-order valence-electron chi connectivity index (χ1n) is 8.34. The fourth-order valence-electron chi connectivity index (χ4n) is 2.98. The summed E-state index contributed by atoms with van der Waals surface area (Å²) < 4.78 is 5.71. The van der Waals surface area contributed by atoms with E-state index in [9.17, 15) is 4.79 Å². The molecule has 0 aliphatic carbocycles. The van der Waals surface area contributed by atoms with E-state index < -0.39 is 6.04 Å². The zero-order valence-corrected chi connectivity index (χ0v) is 13.7. The summed E-state index contributed by atoms with van der Waals surface area (Å²) in [5.74, 6) is -0.0828. The van der Waals surface area contributed by atoms with Gasteiger partial charge in [0.2, 0.25) is 5.91 Å². The van der Waals surface area contributed by atoms with Gasteiger partial charge < -0.3 is 15.4 Å². The Bertz CT molecular complexity index is 642. The Labute approximate surface area is 142 Å². The number of hydrogen-bond acceptors (Lipinski definition) is 4. The maximum absolute atomic E-state index is 13.0. The number of ether oxygens (including phenoxy) is 1. The van der Waals surface area contributed by atoms with Crippen molar-refractivity contribution < 1.29 is 9.53 Å². The third kappa shape index (κ3) is 4.19. The van der Waals surface area contributed by atoms with Crippen molar-refractivity contribution in [1.29, 1.82) is 0 Å². The van der Waals surface area contributed by atoms with Crippen LogP contribution in [0.3, 0.4) is 0 Å². The van der Waals surface area contributed by atoms with E-state index in [4.69, 9.17) is 10.5 Å². The van der Waals surface area contributed by atoms with Gasteiger partial charge in [-0.25, -0.2) is 0 Å². The maximum Gasteiger partial charge on any atom is 0.244 e. The summed E-state index contributed by atoms with van der Waals surface area (Å²) in [4.78, 5) is 18.9. The number of carbonyl (C=O) groups is 1. The molecule has 3 rings (SSSR count). The van der Waals surface area contributed by atoms with Crippen LogP contribution in [0.2, 0.25) is 0 Å². The minimum Gasteiger partial charge on any atom is -0.376 e. The van der Waals surface area contributed by atoms with Crippen molar-refractivity contribution in [3.8, 4) is 0 Å². The molecule has 5 nitrogen and oxygen atoms in total. The molecule has 2 heterocycles. The standard InChI is InChI=1S/C19H23N3O2/c20-18(16-7-2-1-3-8-16)19(23)22(14-17-9-5-11-24-17)13-15-6-4-10-21-12-15/h1-4,6-8,10,12,17-18H,5,9,11,13-14,20H2/t17-,18+/m1/s1. The number of rotatable bonds is 6. The van der Waals surface area contributed by atoms with E-state index in [1.807, 2.05) is 42.5 Å². The number of hydrogen-bond donors (Lipinski definition) is 1. The van der Waals surface area contributed by atoms with E-state index in [1.165, 1.54) is 0 Å². The van der Waals surface area contributed by atoms with E-state index in [0.717, 1.165) is 30.6 Å². The molecule has 0 saturated carbocycles. The van der Waals surface area contributed by atoms with Gasteiger partial charge in [-0.15, -0.1) is 0 Å². The van der Waals surface area contributed by atoms with Crippen molar-refractivity contribution in [3.05, 3.63) is 66.0 Å². The zero-order valence-electron chi connectivity index (χ0n) is 13.7. The molecule has 0 radical (unpaired) electrons. The van der Waals surface area contributed by atoms with Crippen LogP contribution in [0.5, 0.6) is 0 Å². The Hall–Kier alpha value is -2.24. The number of nitrogens with zero attached hydrogens (tertiary/aromatic N) is 2. The summed E-state index contributed by atoms with van der Waals surface area (Å²) in [5, 5.41) is 0. The van der Waals surface area contributed by atoms with E-state index >= 15 is 0 Å². The molecule has 2 atom stereocenters. The molecule has 1 aromatic heterocycles. The minimum atomic E-state index is -0.663. The molecule has 1 aliphatic heterocycles. The van der Waals surface area contributed by atoms with Gasteiger partial charge in [-0.2, -0.15) is 0 Å². The predicted octanol–water partition coefficient (Wildman–Crippen LogP) is 2.29. The van der Waals surface area contributed by atoms with Gasteiger partial charge in [0.15, 0.2) is 0 Å². The SMILES string of the molecule is N[C@H](C(=O)N(Cc1cccnc1)C[C@H]1CCCO1)c1ccccc1. The van der Waals surface area contributed by atoms with Crippen LogP contribution < -0.4 is 5.73 Å². The molecule has 1 saturated heterocycles. The number of aromatic nitrogens is 1. The van der Waals surface area contributed by atoms with Crippen LogP contribution in [0.1, 0.15) is 30.0 Å². The quantitative estimate of drug-likeness (QED) is 0.885. The largest absolute Gasteiger partial charge is 0.376 e. The van der Waals surface area contributed by atoms with Crippen molar-refractivity contribution in [2.24, 2.45) is 5.73 Å². The van der Waals surface area contributed by atoms with Crippen LogP contribution in [0.25, 0.3) is 0 Å². The lowest BCUT2D eigenvalue weighted by Crippen LogP contribution is -2.42. The fraction of sp³-hybridized carbons (Fsp3) is 0.368. The van der Waals surface area contributed by atoms with Gasteiger partial charge in [-0.3, -0.25) is 9.78 Å². The Morgan fingerprint density at radius 3 is 2.79 bits per heavy atom. The summed E-state index contributed by atoms with van der Waals surface area (Å²) in [5.41, 5.74) is 8.03. The second kappa shape index (κ2) is 8.04. The normalized spacial score (nSPS) is 18.3. The fourth-order valence-corrected chi connectivity index (χ4v) is 2.98. The highest BCUT2D eigenvalue weighted by molar-refractivity contribution is 5.83. The van der Waals surface area contributed by atoms with E-state index in [2.05, 4.69) is 4.98 Å². The molecular weight excluding hydrogens is 302 g/mol. The van der Waals surface area contributed by atoms with Gasteiger partial charge >= 0.3 is 0 Å². The summed E-state index contributed by atoms with van der Waals surface area (Å²) >= 11 is 0. The van der Waals surface area contributed by atoms with Crippen LogP contribution in [0, 0.1) is 0 Å². The lowest BCUT2D eigenvalue weighted by atomic mass is 10.1. The summed E-state index contributed by atoms with van der Waals surface area (Å²) in [6.45, 7) is 1.83. The second-order valence-electron chi connectivity index (χ2n) is 6.10. The average molecular weight is 325 g/mol. The molecular formula is C19H23N3O2. The van der Waals surface area contributed by atoms with Crippen LogP contribution in [-0.2, 0) is 16.1 Å². The Morgan fingerprint density at radius 2 is 2.12 bits per heavy atom. The Morgan fingerprint density at radius 1 is 1.29 bits per heavy atom. The number of pyridine rings is 1. The molecule has 0 bridgehead atoms.